The molecule has 3 heterocycles. The predicted octanol–water partition coefficient (Wildman–Crippen LogP) is 4.34. The predicted molar refractivity (Wildman–Crippen MR) is 137 cm³/mol. The lowest BCUT2D eigenvalue weighted by Gasteiger charge is -2.25. The Balaban J connectivity index is 1.33. The van der Waals surface area contributed by atoms with Gasteiger partial charge in [-0.3, -0.25) is 14.3 Å². The zero-order chi connectivity index (χ0) is 24.4. The van der Waals surface area contributed by atoms with Crippen LogP contribution in [-0.2, 0) is 0 Å². The van der Waals surface area contributed by atoms with Gasteiger partial charge in [0, 0.05) is 36.8 Å². The Morgan fingerprint density at radius 2 is 1.94 bits per heavy atom. The van der Waals surface area contributed by atoms with Crippen LogP contribution in [0.4, 0.5) is 10.1 Å². The summed E-state index contributed by atoms with van der Waals surface area (Å²) in [6, 6.07) is 12.7. The van der Waals surface area contributed by atoms with E-state index in [0.29, 0.717) is 35.0 Å². The van der Waals surface area contributed by atoms with Crippen LogP contribution in [0.15, 0.2) is 53.5 Å². The van der Waals surface area contributed by atoms with Gasteiger partial charge >= 0.3 is 0 Å². The molecule has 2 aliphatic rings. The van der Waals surface area contributed by atoms with Crippen molar-refractivity contribution in [1.82, 2.24) is 9.47 Å². The van der Waals surface area contributed by atoms with Crippen molar-refractivity contribution in [2.75, 3.05) is 37.7 Å². The zero-order valence-electron chi connectivity index (χ0n) is 20.3. The van der Waals surface area contributed by atoms with Gasteiger partial charge in [-0.15, -0.1) is 0 Å². The van der Waals surface area contributed by atoms with Crippen molar-refractivity contribution in [2.45, 2.75) is 51.2 Å². The van der Waals surface area contributed by atoms with Crippen LogP contribution in [-0.4, -0.2) is 59.5 Å². The van der Waals surface area contributed by atoms with Crippen molar-refractivity contribution in [3.63, 3.8) is 0 Å². The minimum absolute atomic E-state index is 0.206. The molecule has 5 rings (SSSR count). The van der Waals surface area contributed by atoms with Crippen molar-refractivity contribution >= 4 is 16.5 Å². The zero-order valence-corrected chi connectivity index (χ0v) is 20.3. The molecular weight excluding hydrogens is 445 g/mol. The molecule has 2 aliphatic heterocycles. The molecule has 0 bridgehead atoms. The van der Waals surface area contributed by atoms with Gasteiger partial charge in [0.1, 0.15) is 18.2 Å². The first kappa shape index (κ1) is 23.8. The summed E-state index contributed by atoms with van der Waals surface area (Å²) < 4.78 is 22.4. The fraction of sp³-hybridized carbons (Fsp3) is 0.464. The minimum atomic E-state index is -0.506. The van der Waals surface area contributed by atoms with Crippen molar-refractivity contribution in [3.8, 4) is 11.4 Å². The second kappa shape index (κ2) is 10.4. The standard InChI is InChI=1S/C28H34FN3O3/c1-2-5-23(33)19-35-24-7-8-25-20(16-24)10-15-32(28(25)34)21-6-9-27(26(29)17-21)31-14-11-22(18-31)30-12-3-4-13-30/h6-10,15-17,22-23,33H,2-5,11-14,18-19H2,1H3/t22-,23?/m1/s1. The van der Waals surface area contributed by atoms with Crippen LogP contribution in [0.25, 0.3) is 16.5 Å². The monoisotopic (exact) mass is 479 g/mol. The molecule has 0 radical (unpaired) electrons. The maximum atomic E-state index is 15.2. The van der Waals surface area contributed by atoms with Crippen LogP contribution in [0, 0.1) is 5.82 Å². The Morgan fingerprint density at radius 1 is 1.11 bits per heavy atom. The van der Waals surface area contributed by atoms with Gasteiger partial charge in [-0.05, 0) is 80.6 Å². The molecule has 0 amide bonds. The molecule has 1 unspecified atom stereocenters. The number of benzene rings is 2. The number of halogens is 1. The van der Waals surface area contributed by atoms with Gasteiger partial charge in [0.2, 0.25) is 0 Å². The molecular formula is C28H34FN3O3. The topological polar surface area (TPSA) is 57.9 Å². The number of likely N-dealkylation sites (tertiary alicyclic amines) is 1. The molecule has 3 aromatic rings. The normalized spacial score (nSPS) is 19.5. The molecule has 2 saturated heterocycles. The van der Waals surface area contributed by atoms with Crippen LogP contribution >= 0.6 is 0 Å². The number of aliphatic hydroxyl groups excluding tert-OH is 1. The van der Waals surface area contributed by atoms with E-state index in [2.05, 4.69) is 9.80 Å². The van der Waals surface area contributed by atoms with Gasteiger partial charge in [-0.1, -0.05) is 13.3 Å². The Morgan fingerprint density at radius 3 is 2.71 bits per heavy atom. The van der Waals surface area contributed by atoms with E-state index in [-0.39, 0.29) is 18.0 Å². The number of aromatic nitrogens is 1. The van der Waals surface area contributed by atoms with Gasteiger partial charge in [-0.2, -0.15) is 0 Å². The second-order valence-electron chi connectivity index (χ2n) is 9.76. The number of ether oxygens (including phenoxy) is 1. The quantitative estimate of drug-likeness (QED) is 0.521. The SMILES string of the molecule is CCCC(O)COc1ccc2c(=O)n(-c3ccc(N4CC[C@@H](N5CCCC5)C4)c(F)c3)ccc2c1. The molecule has 7 heteroatoms. The summed E-state index contributed by atoms with van der Waals surface area (Å²) in [7, 11) is 0. The highest BCUT2D eigenvalue weighted by molar-refractivity contribution is 5.83. The van der Waals surface area contributed by atoms with E-state index < -0.39 is 6.10 Å². The molecule has 1 aromatic heterocycles. The number of aliphatic hydroxyl groups is 1. The van der Waals surface area contributed by atoms with Crippen LogP contribution < -0.4 is 15.2 Å². The Kier molecular flexibility index (Phi) is 7.07. The Hall–Kier alpha value is -2.90. The lowest BCUT2D eigenvalue weighted by atomic mass is 10.1. The van der Waals surface area contributed by atoms with Crippen molar-refractivity contribution < 1.29 is 14.2 Å². The fourth-order valence-corrected chi connectivity index (χ4v) is 5.40. The molecule has 2 atom stereocenters. The molecule has 6 nitrogen and oxygen atoms in total. The first-order valence-electron chi connectivity index (χ1n) is 12.8. The third-order valence-corrected chi connectivity index (χ3v) is 7.31. The Labute approximate surface area is 205 Å². The Bertz CT molecular complexity index is 1240. The summed E-state index contributed by atoms with van der Waals surface area (Å²) in [4.78, 5) is 17.8. The van der Waals surface area contributed by atoms with Crippen molar-refractivity contribution in [1.29, 1.82) is 0 Å². The first-order valence-corrected chi connectivity index (χ1v) is 12.8. The van der Waals surface area contributed by atoms with Gasteiger partial charge in [0.05, 0.1) is 17.5 Å². The molecule has 2 fully saturated rings. The van der Waals surface area contributed by atoms with Gasteiger partial charge in [-0.25, -0.2) is 4.39 Å². The highest BCUT2D eigenvalue weighted by atomic mass is 19.1. The lowest BCUT2D eigenvalue weighted by Crippen LogP contribution is -2.35. The van der Waals surface area contributed by atoms with E-state index in [0.717, 1.165) is 44.4 Å². The average molecular weight is 480 g/mol. The summed E-state index contributed by atoms with van der Waals surface area (Å²) in [5.41, 5.74) is 0.912. The van der Waals surface area contributed by atoms with E-state index in [9.17, 15) is 9.90 Å². The van der Waals surface area contributed by atoms with Crippen LogP contribution in [0.3, 0.4) is 0 Å². The van der Waals surface area contributed by atoms with E-state index in [1.165, 1.54) is 23.5 Å². The molecule has 0 saturated carbocycles. The summed E-state index contributed by atoms with van der Waals surface area (Å²) in [6.45, 7) is 6.25. The molecule has 186 valence electrons. The summed E-state index contributed by atoms with van der Waals surface area (Å²) in [5, 5.41) is 11.2. The third-order valence-electron chi connectivity index (χ3n) is 7.31. The number of hydrogen-bond acceptors (Lipinski definition) is 5. The molecule has 1 N–H and O–H groups in total. The third kappa shape index (κ3) is 5.07. The van der Waals surface area contributed by atoms with Crippen LogP contribution in [0.2, 0.25) is 0 Å². The van der Waals surface area contributed by atoms with Crippen molar-refractivity contribution in [3.05, 3.63) is 64.8 Å². The van der Waals surface area contributed by atoms with E-state index in [4.69, 9.17) is 4.74 Å². The summed E-state index contributed by atoms with van der Waals surface area (Å²) in [5.74, 6) is 0.309. The second-order valence-corrected chi connectivity index (χ2v) is 9.76. The van der Waals surface area contributed by atoms with E-state index in [1.807, 2.05) is 19.1 Å². The molecule has 0 aliphatic carbocycles. The van der Waals surface area contributed by atoms with Crippen LogP contribution in [0.1, 0.15) is 39.0 Å². The number of pyridine rings is 1. The first-order chi connectivity index (χ1) is 17.0. The lowest BCUT2D eigenvalue weighted by molar-refractivity contribution is 0.0994. The number of fused-ring (bicyclic) bond motifs is 1. The van der Waals surface area contributed by atoms with Crippen molar-refractivity contribution in [2.24, 2.45) is 0 Å². The van der Waals surface area contributed by atoms with Gasteiger partial charge in [0.15, 0.2) is 0 Å². The molecule has 2 aromatic carbocycles. The summed E-state index contributed by atoms with van der Waals surface area (Å²) >= 11 is 0. The highest BCUT2D eigenvalue weighted by Gasteiger charge is 2.30. The van der Waals surface area contributed by atoms with Gasteiger partial charge < -0.3 is 14.7 Å². The number of hydrogen-bond donors (Lipinski definition) is 1. The van der Waals surface area contributed by atoms with Crippen LogP contribution in [0.5, 0.6) is 5.75 Å². The maximum absolute atomic E-state index is 15.2. The van der Waals surface area contributed by atoms with E-state index in [1.54, 1.807) is 30.5 Å². The number of rotatable bonds is 8. The largest absolute Gasteiger partial charge is 0.491 e. The average Bonchev–Trinajstić information content (AvgIpc) is 3.55. The van der Waals surface area contributed by atoms with Gasteiger partial charge in [0.25, 0.3) is 5.56 Å². The smallest absolute Gasteiger partial charge is 0.262 e. The van der Waals surface area contributed by atoms with E-state index >= 15 is 4.39 Å². The maximum Gasteiger partial charge on any atom is 0.262 e. The number of anilines is 1. The summed E-state index contributed by atoms with van der Waals surface area (Å²) in [6.07, 6.45) is 6.33. The minimum Gasteiger partial charge on any atom is -0.491 e. The number of nitrogens with zero attached hydrogens (tertiary/aromatic N) is 3. The highest BCUT2D eigenvalue weighted by Crippen LogP contribution is 2.29. The molecule has 0 spiro atoms. The fourth-order valence-electron chi connectivity index (χ4n) is 5.40. The molecule has 35 heavy (non-hydrogen) atoms.